The molecule has 1 aliphatic heterocycles. The fraction of sp³-hybridized carbons (Fsp3) is 0.154. The highest BCUT2D eigenvalue weighted by atomic mass is 19.1. The third-order valence-electron chi connectivity index (χ3n) is 5.66. The Labute approximate surface area is 190 Å². The van der Waals surface area contributed by atoms with Gasteiger partial charge in [-0.25, -0.2) is 4.39 Å². The molecule has 0 aliphatic carbocycles. The van der Waals surface area contributed by atoms with Crippen molar-refractivity contribution < 1.29 is 28.9 Å². The van der Waals surface area contributed by atoms with Gasteiger partial charge in [-0.3, -0.25) is 14.5 Å². The Morgan fingerprint density at radius 2 is 1.70 bits per heavy atom. The number of aliphatic hydroxyl groups excluding tert-OH is 1. The van der Waals surface area contributed by atoms with Crippen LogP contribution in [0.25, 0.3) is 5.76 Å². The molecule has 1 heterocycles. The van der Waals surface area contributed by atoms with E-state index in [0.717, 1.165) is 16.0 Å². The number of benzene rings is 3. The zero-order chi connectivity index (χ0) is 23.9. The normalized spacial score (nSPS) is 17.5. The third kappa shape index (κ3) is 3.61. The average molecular weight is 447 g/mol. The quantitative estimate of drug-likeness (QED) is 0.341. The van der Waals surface area contributed by atoms with Gasteiger partial charge >= 0.3 is 0 Å². The van der Waals surface area contributed by atoms with Crippen molar-refractivity contribution in [3.05, 3.63) is 94.3 Å². The highest BCUT2D eigenvalue weighted by Gasteiger charge is 2.48. The van der Waals surface area contributed by atoms with Crippen molar-refractivity contribution in [3.63, 3.8) is 0 Å². The monoisotopic (exact) mass is 447 g/mol. The molecular formula is C26H22FNO5. The first kappa shape index (κ1) is 22.1. The zero-order valence-electron chi connectivity index (χ0n) is 18.3. The number of methoxy groups -OCH3 is 1. The summed E-state index contributed by atoms with van der Waals surface area (Å²) in [6.45, 7) is 3.61. The summed E-state index contributed by atoms with van der Waals surface area (Å²) in [4.78, 5) is 27.4. The Morgan fingerprint density at radius 3 is 2.36 bits per heavy atom. The van der Waals surface area contributed by atoms with Crippen molar-refractivity contribution in [2.45, 2.75) is 19.9 Å². The number of aliphatic hydroxyl groups is 1. The highest BCUT2D eigenvalue weighted by Crippen LogP contribution is 2.46. The number of Topliss-reactive ketones (excluding diaryl/α,β-unsaturated/α-hetero) is 1. The molecule has 1 fully saturated rings. The molecule has 1 unspecified atom stereocenters. The van der Waals surface area contributed by atoms with Crippen molar-refractivity contribution >= 4 is 23.1 Å². The molecule has 0 spiro atoms. The third-order valence-corrected chi connectivity index (χ3v) is 5.66. The van der Waals surface area contributed by atoms with Crippen LogP contribution in [0.5, 0.6) is 11.5 Å². The molecule has 1 amide bonds. The lowest BCUT2D eigenvalue weighted by Gasteiger charge is -2.26. The summed E-state index contributed by atoms with van der Waals surface area (Å²) in [6, 6.07) is 13.8. The second-order valence-corrected chi connectivity index (χ2v) is 7.84. The van der Waals surface area contributed by atoms with E-state index in [2.05, 4.69) is 0 Å². The minimum atomic E-state index is -1.30. The molecule has 3 aromatic rings. The van der Waals surface area contributed by atoms with Crippen LogP contribution in [0.4, 0.5) is 10.1 Å². The number of halogens is 1. The number of hydrogen-bond donors (Lipinski definition) is 2. The van der Waals surface area contributed by atoms with E-state index >= 15 is 0 Å². The number of aryl methyl sites for hydroxylation is 2. The first-order valence-electron chi connectivity index (χ1n) is 10.2. The number of carbonyl (C=O) groups excluding carboxylic acids is 2. The standard InChI is InChI=1S/C26H22FNO5/c1-14-12-15(2)25(33-3)17(13-14)23(30)21-22(16-8-4-5-9-18(16)27)28(26(32)24(21)31)19-10-6-7-11-20(19)29/h4-13,22,29-30H,1-3H3/b23-21+. The second kappa shape index (κ2) is 8.43. The van der Waals surface area contributed by atoms with Crippen molar-refractivity contribution in [2.75, 3.05) is 12.0 Å². The number of amides is 1. The smallest absolute Gasteiger partial charge is 0.300 e. The fourth-order valence-electron chi connectivity index (χ4n) is 4.29. The van der Waals surface area contributed by atoms with Gasteiger partial charge in [0.2, 0.25) is 0 Å². The van der Waals surface area contributed by atoms with E-state index in [0.29, 0.717) is 5.75 Å². The van der Waals surface area contributed by atoms with Gasteiger partial charge in [-0.2, -0.15) is 0 Å². The van der Waals surface area contributed by atoms with E-state index in [9.17, 15) is 24.2 Å². The molecule has 0 radical (unpaired) electrons. The van der Waals surface area contributed by atoms with Crippen LogP contribution in [0.1, 0.15) is 28.3 Å². The summed E-state index contributed by atoms with van der Waals surface area (Å²) >= 11 is 0. The van der Waals surface area contributed by atoms with Gasteiger partial charge in [-0.15, -0.1) is 0 Å². The highest BCUT2D eigenvalue weighted by molar-refractivity contribution is 6.52. The average Bonchev–Trinajstić information content (AvgIpc) is 3.04. The molecule has 2 N–H and O–H groups in total. The van der Waals surface area contributed by atoms with Crippen LogP contribution in [-0.4, -0.2) is 29.0 Å². The number of rotatable bonds is 4. The van der Waals surface area contributed by atoms with Gasteiger partial charge in [0.15, 0.2) is 0 Å². The number of hydrogen-bond acceptors (Lipinski definition) is 5. The molecule has 3 aromatic carbocycles. The Kier molecular flexibility index (Phi) is 5.64. The molecule has 6 nitrogen and oxygen atoms in total. The van der Waals surface area contributed by atoms with Crippen molar-refractivity contribution in [3.8, 4) is 11.5 Å². The molecule has 0 aromatic heterocycles. The van der Waals surface area contributed by atoms with Gasteiger partial charge in [-0.1, -0.05) is 36.4 Å². The molecule has 0 saturated carbocycles. The lowest BCUT2D eigenvalue weighted by Crippen LogP contribution is -2.29. The lowest BCUT2D eigenvalue weighted by atomic mass is 9.93. The number of aromatic hydroxyl groups is 1. The number of anilines is 1. The summed E-state index contributed by atoms with van der Waals surface area (Å²) in [7, 11) is 1.43. The number of ketones is 1. The predicted octanol–water partition coefficient (Wildman–Crippen LogP) is 4.78. The maximum absolute atomic E-state index is 15.0. The summed E-state index contributed by atoms with van der Waals surface area (Å²) < 4.78 is 20.4. The maximum Gasteiger partial charge on any atom is 0.300 e. The number of carbonyl (C=O) groups is 2. The Morgan fingerprint density at radius 1 is 1.03 bits per heavy atom. The molecular weight excluding hydrogens is 425 g/mol. The summed E-state index contributed by atoms with van der Waals surface area (Å²) in [5.74, 6) is -3.06. The summed E-state index contributed by atoms with van der Waals surface area (Å²) in [5.41, 5.74) is 1.47. The van der Waals surface area contributed by atoms with E-state index in [4.69, 9.17) is 4.74 Å². The Bertz CT molecular complexity index is 1310. The largest absolute Gasteiger partial charge is 0.507 e. The van der Waals surface area contributed by atoms with Crippen LogP contribution in [0.3, 0.4) is 0 Å². The lowest BCUT2D eigenvalue weighted by molar-refractivity contribution is -0.132. The van der Waals surface area contributed by atoms with Crippen LogP contribution < -0.4 is 9.64 Å². The van der Waals surface area contributed by atoms with Crippen LogP contribution in [0, 0.1) is 19.7 Å². The van der Waals surface area contributed by atoms with Gasteiger partial charge in [0, 0.05) is 5.56 Å². The minimum absolute atomic E-state index is 0.00449. The molecule has 4 rings (SSSR count). The summed E-state index contributed by atoms with van der Waals surface area (Å²) in [5, 5.41) is 21.7. The van der Waals surface area contributed by atoms with Crippen LogP contribution in [0.15, 0.2) is 66.2 Å². The molecule has 1 saturated heterocycles. The van der Waals surface area contributed by atoms with Gasteiger partial charge < -0.3 is 14.9 Å². The first-order valence-corrected chi connectivity index (χ1v) is 10.2. The maximum atomic E-state index is 15.0. The molecule has 33 heavy (non-hydrogen) atoms. The van der Waals surface area contributed by atoms with Gasteiger partial charge in [0.05, 0.1) is 30.0 Å². The van der Waals surface area contributed by atoms with E-state index in [1.165, 1.54) is 37.4 Å². The number of ether oxygens (including phenoxy) is 1. The van der Waals surface area contributed by atoms with Crippen molar-refractivity contribution in [2.24, 2.45) is 0 Å². The van der Waals surface area contributed by atoms with E-state index in [1.807, 2.05) is 13.0 Å². The molecule has 1 aliphatic rings. The predicted molar refractivity (Wildman–Crippen MR) is 122 cm³/mol. The van der Waals surface area contributed by atoms with E-state index in [1.54, 1.807) is 31.2 Å². The van der Waals surface area contributed by atoms with Gasteiger partial charge in [-0.05, 0) is 49.2 Å². The first-order chi connectivity index (χ1) is 15.8. The fourth-order valence-corrected chi connectivity index (χ4v) is 4.29. The van der Waals surface area contributed by atoms with Crippen LogP contribution in [0.2, 0.25) is 0 Å². The zero-order valence-corrected chi connectivity index (χ0v) is 18.3. The molecule has 1 atom stereocenters. The second-order valence-electron chi connectivity index (χ2n) is 7.84. The number of para-hydroxylation sites is 2. The van der Waals surface area contributed by atoms with Crippen LogP contribution in [-0.2, 0) is 9.59 Å². The Hall–Kier alpha value is -4.13. The number of phenols is 1. The number of nitrogens with zero attached hydrogens (tertiary/aromatic N) is 1. The van der Waals surface area contributed by atoms with Gasteiger partial charge in [0.1, 0.15) is 23.1 Å². The SMILES string of the molecule is COc1c(C)cc(C)cc1/C(O)=C1\C(=O)C(=O)N(c2ccccc2O)C1c1ccccc1F. The number of phenolic OH excluding ortho intramolecular Hbond substituents is 1. The topological polar surface area (TPSA) is 87.1 Å². The van der Waals surface area contributed by atoms with E-state index < -0.39 is 29.3 Å². The molecule has 168 valence electrons. The summed E-state index contributed by atoms with van der Waals surface area (Å²) in [6.07, 6.45) is 0. The van der Waals surface area contributed by atoms with Gasteiger partial charge in [0.25, 0.3) is 11.7 Å². The van der Waals surface area contributed by atoms with Crippen LogP contribution >= 0.6 is 0 Å². The van der Waals surface area contributed by atoms with Crippen molar-refractivity contribution in [1.82, 2.24) is 0 Å². The molecule has 0 bridgehead atoms. The minimum Gasteiger partial charge on any atom is -0.507 e. The Balaban J connectivity index is 2.05. The molecule has 7 heteroatoms. The van der Waals surface area contributed by atoms with E-state index in [-0.39, 0.29) is 28.1 Å². The van der Waals surface area contributed by atoms with Crippen molar-refractivity contribution in [1.29, 1.82) is 0 Å².